The SMILES string of the molecule is CCNC(c1cc2cccc(C)c2o1)C1(CC)CCCC1. The number of fused-ring (bicyclic) bond motifs is 1. The number of aryl methyl sites for hydroxylation is 1. The van der Waals surface area contributed by atoms with Crippen LogP contribution < -0.4 is 5.32 Å². The molecule has 1 aromatic heterocycles. The number of hydrogen-bond donors (Lipinski definition) is 1. The van der Waals surface area contributed by atoms with Gasteiger partial charge in [-0.15, -0.1) is 0 Å². The highest BCUT2D eigenvalue weighted by Gasteiger charge is 2.41. The average Bonchev–Trinajstić information content (AvgIpc) is 3.13. The highest BCUT2D eigenvalue weighted by atomic mass is 16.3. The fourth-order valence-corrected chi connectivity index (χ4v) is 4.12. The summed E-state index contributed by atoms with van der Waals surface area (Å²) >= 11 is 0. The summed E-state index contributed by atoms with van der Waals surface area (Å²) in [5.41, 5.74) is 2.66. The lowest BCUT2D eigenvalue weighted by atomic mass is 9.75. The standard InChI is InChI=1S/C19H27NO/c1-4-19(11-6-7-12-19)18(20-5-2)16-13-15-10-8-9-14(3)17(15)21-16/h8-10,13,18,20H,4-7,11-12H2,1-3H3. The molecule has 1 heterocycles. The first kappa shape index (κ1) is 14.6. The van der Waals surface area contributed by atoms with Crippen LogP contribution in [0.1, 0.15) is 63.3 Å². The van der Waals surface area contributed by atoms with E-state index in [1.54, 1.807) is 0 Å². The van der Waals surface area contributed by atoms with Crippen LogP contribution in [-0.2, 0) is 0 Å². The Balaban J connectivity index is 2.04. The van der Waals surface area contributed by atoms with E-state index in [0.717, 1.165) is 17.9 Å². The summed E-state index contributed by atoms with van der Waals surface area (Å²) in [6.07, 6.45) is 6.57. The van der Waals surface area contributed by atoms with Gasteiger partial charge in [0.1, 0.15) is 11.3 Å². The molecule has 0 amide bonds. The van der Waals surface area contributed by atoms with Crippen molar-refractivity contribution < 1.29 is 4.42 Å². The van der Waals surface area contributed by atoms with E-state index in [2.05, 4.69) is 50.4 Å². The minimum atomic E-state index is 0.349. The molecule has 0 radical (unpaired) electrons. The van der Waals surface area contributed by atoms with Gasteiger partial charge in [0.05, 0.1) is 6.04 Å². The lowest BCUT2D eigenvalue weighted by Crippen LogP contribution is -2.35. The van der Waals surface area contributed by atoms with Crippen LogP contribution in [0.25, 0.3) is 11.0 Å². The molecule has 1 saturated carbocycles. The summed E-state index contributed by atoms with van der Waals surface area (Å²) < 4.78 is 6.29. The Morgan fingerprint density at radius 1 is 1.24 bits per heavy atom. The van der Waals surface area contributed by atoms with Crippen molar-refractivity contribution in [2.24, 2.45) is 5.41 Å². The van der Waals surface area contributed by atoms with Crippen molar-refractivity contribution in [2.45, 2.75) is 58.9 Å². The van der Waals surface area contributed by atoms with Gasteiger partial charge in [-0.1, -0.05) is 44.9 Å². The van der Waals surface area contributed by atoms with E-state index in [-0.39, 0.29) is 0 Å². The van der Waals surface area contributed by atoms with Crippen molar-refractivity contribution in [2.75, 3.05) is 6.54 Å². The van der Waals surface area contributed by atoms with Crippen LogP contribution in [0.2, 0.25) is 0 Å². The molecular formula is C19H27NO. The van der Waals surface area contributed by atoms with E-state index in [9.17, 15) is 0 Å². The minimum Gasteiger partial charge on any atom is -0.459 e. The summed E-state index contributed by atoms with van der Waals surface area (Å²) in [5.74, 6) is 1.13. The van der Waals surface area contributed by atoms with Crippen LogP contribution in [0.4, 0.5) is 0 Å². The second kappa shape index (κ2) is 5.84. The van der Waals surface area contributed by atoms with Gasteiger partial charge in [0.25, 0.3) is 0 Å². The third-order valence-electron chi connectivity index (χ3n) is 5.37. The number of benzene rings is 1. The molecule has 1 N–H and O–H groups in total. The third-order valence-corrected chi connectivity index (χ3v) is 5.37. The summed E-state index contributed by atoms with van der Waals surface area (Å²) in [7, 11) is 0. The van der Waals surface area contributed by atoms with E-state index in [4.69, 9.17) is 4.42 Å². The fourth-order valence-electron chi connectivity index (χ4n) is 4.12. The Labute approximate surface area is 127 Å². The van der Waals surface area contributed by atoms with E-state index >= 15 is 0 Å². The highest BCUT2D eigenvalue weighted by molar-refractivity contribution is 5.81. The first-order valence-corrected chi connectivity index (χ1v) is 8.42. The summed E-state index contributed by atoms with van der Waals surface area (Å²) in [5, 5.41) is 4.95. The molecule has 2 nitrogen and oxygen atoms in total. The Bertz CT molecular complexity index is 607. The largest absolute Gasteiger partial charge is 0.459 e. The van der Waals surface area contributed by atoms with E-state index < -0.39 is 0 Å². The van der Waals surface area contributed by atoms with Gasteiger partial charge in [-0.2, -0.15) is 0 Å². The molecule has 0 bridgehead atoms. The second-order valence-electron chi connectivity index (χ2n) is 6.56. The van der Waals surface area contributed by atoms with E-state index in [1.165, 1.54) is 43.1 Å². The molecule has 1 unspecified atom stereocenters. The van der Waals surface area contributed by atoms with Gasteiger partial charge in [0.2, 0.25) is 0 Å². The van der Waals surface area contributed by atoms with Crippen molar-refractivity contribution in [3.05, 3.63) is 35.6 Å². The van der Waals surface area contributed by atoms with Crippen LogP contribution in [0.15, 0.2) is 28.7 Å². The Hall–Kier alpha value is -1.28. The van der Waals surface area contributed by atoms with Crippen LogP contribution in [0, 0.1) is 12.3 Å². The first-order valence-electron chi connectivity index (χ1n) is 8.42. The van der Waals surface area contributed by atoms with Gasteiger partial charge in [0.15, 0.2) is 0 Å². The van der Waals surface area contributed by atoms with Crippen molar-refractivity contribution in [1.29, 1.82) is 0 Å². The maximum Gasteiger partial charge on any atom is 0.137 e. The van der Waals surface area contributed by atoms with Crippen molar-refractivity contribution in [1.82, 2.24) is 5.32 Å². The zero-order valence-corrected chi connectivity index (χ0v) is 13.5. The molecule has 1 aliphatic rings. The van der Waals surface area contributed by atoms with Crippen LogP contribution in [-0.4, -0.2) is 6.54 Å². The number of nitrogens with one attached hydrogen (secondary N) is 1. The minimum absolute atomic E-state index is 0.349. The first-order chi connectivity index (χ1) is 10.2. The van der Waals surface area contributed by atoms with Crippen molar-refractivity contribution in [3.8, 4) is 0 Å². The summed E-state index contributed by atoms with van der Waals surface area (Å²) in [6, 6.07) is 9.01. The van der Waals surface area contributed by atoms with Crippen molar-refractivity contribution in [3.63, 3.8) is 0 Å². The third kappa shape index (κ3) is 2.50. The molecule has 21 heavy (non-hydrogen) atoms. The van der Waals surface area contributed by atoms with E-state index in [0.29, 0.717) is 11.5 Å². The molecule has 2 aromatic rings. The summed E-state index contributed by atoms with van der Waals surface area (Å²) in [4.78, 5) is 0. The van der Waals surface area contributed by atoms with Gasteiger partial charge < -0.3 is 9.73 Å². The van der Waals surface area contributed by atoms with Crippen LogP contribution >= 0.6 is 0 Å². The molecule has 0 aliphatic heterocycles. The molecule has 1 aliphatic carbocycles. The lowest BCUT2D eigenvalue weighted by Gasteiger charge is -2.36. The molecule has 1 aromatic carbocycles. The molecule has 0 saturated heterocycles. The number of rotatable bonds is 5. The quantitative estimate of drug-likeness (QED) is 0.799. The molecule has 0 spiro atoms. The maximum atomic E-state index is 6.29. The number of furan rings is 1. The number of para-hydroxylation sites is 1. The molecular weight excluding hydrogens is 258 g/mol. The van der Waals surface area contributed by atoms with E-state index in [1.807, 2.05) is 0 Å². The molecule has 1 fully saturated rings. The smallest absolute Gasteiger partial charge is 0.137 e. The van der Waals surface area contributed by atoms with Gasteiger partial charge in [-0.25, -0.2) is 0 Å². The monoisotopic (exact) mass is 285 g/mol. The average molecular weight is 285 g/mol. The zero-order chi connectivity index (χ0) is 14.9. The van der Waals surface area contributed by atoms with Gasteiger partial charge in [-0.05, 0) is 49.8 Å². The topological polar surface area (TPSA) is 25.2 Å². The predicted octanol–water partition coefficient (Wildman–Crippen LogP) is 5.36. The molecule has 114 valence electrons. The normalized spacial score (nSPS) is 19.2. The Morgan fingerprint density at radius 3 is 2.62 bits per heavy atom. The molecule has 3 rings (SSSR count). The zero-order valence-electron chi connectivity index (χ0n) is 13.5. The molecule has 1 atom stereocenters. The Morgan fingerprint density at radius 2 is 2.00 bits per heavy atom. The van der Waals surface area contributed by atoms with Crippen molar-refractivity contribution >= 4 is 11.0 Å². The van der Waals surface area contributed by atoms with Crippen LogP contribution in [0.5, 0.6) is 0 Å². The lowest BCUT2D eigenvalue weighted by molar-refractivity contribution is 0.169. The number of hydrogen-bond acceptors (Lipinski definition) is 2. The second-order valence-corrected chi connectivity index (χ2v) is 6.56. The van der Waals surface area contributed by atoms with Gasteiger partial charge >= 0.3 is 0 Å². The highest BCUT2D eigenvalue weighted by Crippen LogP contribution is 2.50. The molecule has 2 heteroatoms. The fraction of sp³-hybridized carbons (Fsp3) is 0.579. The van der Waals surface area contributed by atoms with Crippen LogP contribution in [0.3, 0.4) is 0 Å². The van der Waals surface area contributed by atoms with Gasteiger partial charge in [-0.3, -0.25) is 0 Å². The van der Waals surface area contributed by atoms with Gasteiger partial charge in [0, 0.05) is 5.39 Å². The Kier molecular flexibility index (Phi) is 4.08. The predicted molar refractivity (Wildman–Crippen MR) is 88.6 cm³/mol. The summed E-state index contributed by atoms with van der Waals surface area (Å²) in [6.45, 7) is 7.65. The maximum absolute atomic E-state index is 6.29.